The van der Waals surface area contributed by atoms with Gasteiger partial charge in [-0.3, -0.25) is 5.73 Å². The van der Waals surface area contributed by atoms with E-state index in [9.17, 15) is 0 Å². The molecule has 1 saturated heterocycles. The predicted molar refractivity (Wildman–Crippen MR) is 19.4 cm³/mol. The zero-order valence-corrected chi connectivity index (χ0v) is 3.14. The van der Waals surface area contributed by atoms with E-state index in [1.165, 1.54) is 0 Å². The van der Waals surface area contributed by atoms with Gasteiger partial charge in [0.2, 0.25) is 0 Å². The summed E-state index contributed by atoms with van der Waals surface area (Å²) in [6, 6.07) is 0. The molecule has 1 aliphatic rings. The Labute approximate surface area is 35.0 Å². The summed E-state index contributed by atoms with van der Waals surface area (Å²) >= 11 is 0. The fourth-order valence-electron chi connectivity index (χ4n) is 0.162. The Hall–Kier alpha value is -0.540. The van der Waals surface area contributed by atoms with E-state index in [1.807, 2.05) is 0 Å². The summed E-state index contributed by atoms with van der Waals surface area (Å²) in [6.45, 7) is 3.22. The van der Waals surface area contributed by atoms with Crippen LogP contribution in [-0.4, -0.2) is 11.0 Å². The minimum absolute atomic E-state index is 0.238. The molecule has 0 aromatic rings. The molecule has 1 atom stereocenters. The van der Waals surface area contributed by atoms with Gasteiger partial charge in [0.25, 0.3) is 0 Å². The van der Waals surface area contributed by atoms with Crippen LogP contribution >= 0.6 is 0 Å². The smallest absolute Gasteiger partial charge is 0.326 e. The van der Waals surface area contributed by atoms with Crippen LogP contribution in [0.5, 0.6) is 0 Å². The zero-order chi connectivity index (χ0) is 4.78. The molecule has 0 spiro atoms. The van der Waals surface area contributed by atoms with Crippen LogP contribution in [0.1, 0.15) is 0 Å². The third-order valence-electron chi connectivity index (χ3n) is 0.637. The average Bonchev–Trinajstić information content (AvgIpc) is 1.73. The molecule has 1 unspecified atom stereocenters. The van der Waals surface area contributed by atoms with Crippen molar-refractivity contribution in [1.29, 1.82) is 0 Å². The summed E-state index contributed by atoms with van der Waals surface area (Å²) in [7, 11) is 0. The lowest BCUT2D eigenvalue weighted by molar-refractivity contribution is 0.0432. The van der Waals surface area contributed by atoms with Crippen molar-refractivity contribution < 1.29 is 9.84 Å². The summed E-state index contributed by atoms with van der Waals surface area (Å²) in [5, 5.41) is 8.36. The molecule has 3 nitrogen and oxygen atoms in total. The highest BCUT2D eigenvalue weighted by atomic mass is 16.7. The zero-order valence-electron chi connectivity index (χ0n) is 3.14. The van der Waals surface area contributed by atoms with Crippen LogP contribution in [0.3, 0.4) is 0 Å². The van der Waals surface area contributed by atoms with Gasteiger partial charge >= 0.3 is 5.91 Å². The summed E-state index contributed by atoms with van der Waals surface area (Å²) in [5.74, 6) is -1.25. The van der Waals surface area contributed by atoms with Gasteiger partial charge in [-0.25, -0.2) is 0 Å². The van der Waals surface area contributed by atoms with Crippen LogP contribution in [0.2, 0.25) is 0 Å². The Morgan fingerprint density at radius 1 is 2.00 bits per heavy atom. The van der Waals surface area contributed by atoms with Crippen molar-refractivity contribution in [2.45, 2.75) is 5.91 Å². The van der Waals surface area contributed by atoms with E-state index in [0.29, 0.717) is 0 Å². The molecule has 0 aromatic heterocycles. The second-order valence-corrected chi connectivity index (χ2v) is 1.22. The van der Waals surface area contributed by atoms with Crippen LogP contribution in [0, 0.1) is 0 Å². The lowest BCUT2D eigenvalue weighted by atomic mass is 10.6. The number of hydrogen-bond donors (Lipinski definition) is 2. The first-order valence-corrected chi connectivity index (χ1v) is 1.52. The number of aliphatic hydroxyl groups is 1. The third-order valence-corrected chi connectivity index (χ3v) is 0.637. The first-order valence-electron chi connectivity index (χ1n) is 1.52. The highest BCUT2D eigenvalue weighted by molar-refractivity contribution is 5.10. The molecule has 34 valence electrons. The van der Waals surface area contributed by atoms with Crippen molar-refractivity contribution in [3.8, 4) is 0 Å². The number of rotatable bonds is 0. The van der Waals surface area contributed by atoms with Crippen molar-refractivity contribution in [3.05, 3.63) is 12.3 Å². The number of hydrogen-bond acceptors (Lipinski definition) is 3. The van der Waals surface area contributed by atoms with Gasteiger partial charge in [-0.05, 0) is 0 Å². The maximum Gasteiger partial charge on any atom is 0.326 e. The maximum absolute atomic E-state index is 8.36. The number of nitrogens with two attached hydrogens (primary N) is 1. The van der Waals surface area contributed by atoms with Crippen LogP contribution in [0.15, 0.2) is 12.3 Å². The molecule has 1 fully saturated rings. The first-order chi connectivity index (χ1) is 2.63. The van der Waals surface area contributed by atoms with Crippen LogP contribution in [0.25, 0.3) is 0 Å². The first kappa shape index (κ1) is 3.64. The second-order valence-electron chi connectivity index (χ2n) is 1.22. The van der Waals surface area contributed by atoms with Gasteiger partial charge in [-0.15, -0.1) is 0 Å². The fourth-order valence-corrected chi connectivity index (χ4v) is 0.162. The molecular weight excluding hydrogens is 82.0 g/mol. The Morgan fingerprint density at radius 2 is 2.17 bits per heavy atom. The van der Waals surface area contributed by atoms with Crippen molar-refractivity contribution in [1.82, 2.24) is 0 Å². The highest BCUT2D eigenvalue weighted by Crippen LogP contribution is 2.29. The highest BCUT2D eigenvalue weighted by Gasteiger charge is 2.45. The Balaban J connectivity index is 2.63. The van der Waals surface area contributed by atoms with E-state index in [2.05, 4.69) is 11.3 Å². The van der Waals surface area contributed by atoms with Crippen molar-refractivity contribution in [2.24, 2.45) is 5.73 Å². The topological polar surface area (TPSA) is 58.8 Å². The van der Waals surface area contributed by atoms with E-state index < -0.39 is 5.91 Å². The molecule has 3 heteroatoms. The van der Waals surface area contributed by atoms with Gasteiger partial charge in [0, 0.05) is 0 Å². The molecule has 1 rings (SSSR count). The SMILES string of the molecule is C=C1OC1(N)O. The van der Waals surface area contributed by atoms with Gasteiger partial charge < -0.3 is 9.84 Å². The van der Waals surface area contributed by atoms with Crippen LogP contribution in [-0.2, 0) is 4.74 Å². The van der Waals surface area contributed by atoms with E-state index in [1.54, 1.807) is 0 Å². The number of epoxide rings is 1. The van der Waals surface area contributed by atoms with Crippen LogP contribution in [0.4, 0.5) is 0 Å². The molecule has 0 saturated carbocycles. The molecule has 0 aromatic carbocycles. The normalized spacial score (nSPS) is 42.0. The van der Waals surface area contributed by atoms with Crippen LogP contribution < -0.4 is 5.73 Å². The van der Waals surface area contributed by atoms with Gasteiger partial charge in [0.1, 0.15) is 0 Å². The monoisotopic (exact) mass is 87.0 g/mol. The van der Waals surface area contributed by atoms with Gasteiger partial charge in [-0.2, -0.15) is 0 Å². The molecule has 0 aliphatic carbocycles. The molecule has 1 heterocycles. The lowest BCUT2D eigenvalue weighted by Gasteiger charge is -1.81. The lowest BCUT2D eigenvalue weighted by Crippen LogP contribution is -2.20. The Morgan fingerprint density at radius 3 is 2.17 bits per heavy atom. The quantitative estimate of drug-likeness (QED) is 0.298. The third kappa shape index (κ3) is 0.293. The van der Waals surface area contributed by atoms with E-state index >= 15 is 0 Å². The summed E-state index contributed by atoms with van der Waals surface area (Å²) in [6.07, 6.45) is 0. The van der Waals surface area contributed by atoms with Crippen molar-refractivity contribution >= 4 is 0 Å². The minimum atomic E-state index is -1.49. The second kappa shape index (κ2) is 0.597. The van der Waals surface area contributed by atoms with Crippen molar-refractivity contribution in [2.75, 3.05) is 0 Å². The largest absolute Gasteiger partial charge is 0.439 e. The molecule has 3 N–H and O–H groups in total. The Kier molecular flexibility index (Phi) is 0.362. The Bertz CT molecular complexity index is 97.0. The molecule has 0 amide bonds. The number of ether oxygens (including phenoxy) is 1. The molecule has 1 aliphatic heterocycles. The molecule has 0 bridgehead atoms. The molecule has 6 heavy (non-hydrogen) atoms. The van der Waals surface area contributed by atoms with E-state index in [0.717, 1.165) is 0 Å². The summed E-state index contributed by atoms with van der Waals surface area (Å²) < 4.78 is 4.24. The van der Waals surface area contributed by atoms with E-state index in [-0.39, 0.29) is 5.76 Å². The summed E-state index contributed by atoms with van der Waals surface area (Å²) in [5.41, 5.74) is 4.84. The standard InChI is InChI=1S/C3H5NO2/c1-2-3(4,5)6-2/h5H,1,4H2. The molecular formula is C3H5NO2. The predicted octanol–water partition coefficient (Wildman–Crippen LogP) is -0.865. The maximum atomic E-state index is 8.36. The van der Waals surface area contributed by atoms with Gasteiger partial charge in [-0.1, -0.05) is 6.58 Å². The summed E-state index contributed by atoms with van der Waals surface area (Å²) in [4.78, 5) is 0. The van der Waals surface area contributed by atoms with Crippen molar-refractivity contribution in [3.63, 3.8) is 0 Å². The van der Waals surface area contributed by atoms with E-state index in [4.69, 9.17) is 10.8 Å². The van der Waals surface area contributed by atoms with Gasteiger partial charge in [0.15, 0.2) is 5.76 Å². The molecule has 0 radical (unpaired) electrons. The minimum Gasteiger partial charge on any atom is -0.439 e. The fraction of sp³-hybridized carbons (Fsp3) is 0.333. The van der Waals surface area contributed by atoms with Gasteiger partial charge in [0.05, 0.1) is 0 Å². The average molecular weight is 87.1 g/mol.